The first-order valence-corrected chi connectivity index (χ1v) is 9.10. The van der Waals surface area contributed by atoms with Crippen LogP contribution in [0.15, 0.2) is 24.3 Å². The summed E-state index contributed by atoms with van der Waals surface area (Å²) in [5.41, 5.74) is 0.709. The van der Waals surface area contributed by atoms with Crippen LogP contribution in [-0.2, 0) is 9.59 Å². The highest BCUT2D eigenvalue weighted by atomic mass is 16.6. The van der Waals surface area contributed by atoms with Crippen LogP contribution in [0.2, 0.25) is 0 Å². The lowest BCUT2D eigenvalue weighted by Gasteiger charge is -2.32. The molecule has 8 nitrogen and oxygen atoms in total. The third kappa shape index (κ3) is 4.50. The van der Waals surface area contributed by atoms with Gasteiger partial charge in [0, 0.05) is 44.1 Å². The molecular weight excluding hydrogens is 336 g/mol. The Balaban J connectivity index is 1.42. The Hall–Kier alpha value is -2.64. The van der Waals surface area contributed by atoms with Gasteiger partial charge < -0.3 is 15.5 Å². The van der Waals surface area contributed by atoms with E-state index in [4.69, 9.17) is 0 Å². The monoisotopic (exact) mass is 360 g/mol. The average molecular weight is 360 g/mol. The molecule has 0 radical (unpaired) electrons. The minimum atomic E-state index is -0.371. The van der Waals surface area contributed by atoms with Crippen LogP contribution in [0.5, 0.6) is 0 Å². The number of benzene rings is 1. The van der Waals surface area contributed by atoms with Crippen molar-refractivity contribution in [3.8, 4) is 0 Å². The lowest BCUT2D eigenvalue weighted by atomic mass is 9.95. The van der Waals surface area contributed by atoms with Crippen molar-refractivity contribution in [3.05, 3.63) is 34.4 Å². The van der Waals surface area contributed by atoms with E-state index in [2.05, 4.69) is 10.6 Å². The van der Waals surface area contributed by atoms with Gasteiger partial charge in [0.15, 0.2) is 0 Å². The van der Waals surface area contributed by atoms with E-state index in [0.29, 0.717) is 44.7 Å². The number of para-hydroxylation sites is 2. The molecule has 0 spiro atoms. The van der Waals surface area contributed by atoms with Crippen LogP contribution in [0.25, 0.3) is 0 Å². The zero-order chi connectivity index (χ0) is 18.5. The van der Waals surface area contributed by atoms with Crippen LogP contribution in [0.3, 0.4) is 0 Å². The highest BCUT2D eigenvalue weighted by molar-refractivity contribution is 5.81. The number of rotatable bonds is 7. The summed E-state index contributed by atoms with van der Waals surface area (Å²) in [6, 6.07) is 6.70. The van der Waals surface area contributed by atoms with E-state index in [9.17, 15) is 19.7 Å². The summed E-state index contributed by atoms with van der Waals surface area (Å²) in [4.78, 5) is 36.5. The average Bonchev–Trinajstić information content (AvgIpc) is 3.50. The molecule has 1 aromatic rings. The van der Waals surface area contributed by atoms with E-state index in [1.165, 1.54) is 6.07 Å². The molecule has 1 saturated heterocycles. The summed E-state index contributed by atoms with van der Waals surface area (Å²) in [5, 5.41) is 16.9. The van der Waals surface area contributed by atoms with E-state index >= 15 is 0 Å². The van der Waals surface area contributed by atoms with Crippen molar-refractivity contribution in [2.24, 2.45) is 11.8 Å². The van der Waals surface area contributed by atoms with Crippen molar-refractivity contribution in [3.63, 3.8) is 0 Å². The SMILES string of the molecule is O=C(NCCNC(=O)C1CCN(c2ccccc2[N+](=O)[O-])CC1)C1CC1. The first-order valence-electron chi connectivity index (χ1n) is 9.10. The Morgan fingerprint density at radius 3 is 2.08 bits per heavy atom. The zero-order valence-electron chi connectivity index (χ0n) is 14.6. The lowest BCUT2D eigenvalue weighted by molar-refractivity contribution is -0.384. The summed E-state index contributed by atoms with van der Waals surface area (Å²) in [7, 11) is 0. The summed E-state index contributed by atoms with van der Waals surface area (Å²) in [5.74, 6) is 0.162. The molecule has 8 heteroatoms. The Labute approximate surface area is 152 Å². The third-order valence-corrected chi connectivity index (χ3v) is 4.96. The van der Waals surface area contributed by atoms with Crippen molar-refractivity contribution < 1.29 is 14.5 Å². The molecule has 0 aromatic heterocycles. The first kappa shape index (κ1) is 18.2. The molecule has 1 aliphatic heterocycles. The standard InChI is InChI=1S/C18H24N4O4/c23-17(13-5-6-13)19-9-10-20-18(24)14-7-11-21(12-8-14)15-3-1-2-4-16(15)22(25)26/h1-4,13-14H,5-12H2,(H,19,23)(H,20,24). The Morgan fingerprint density at radius 2 is 1.54 bits per heavy atom. The summed E-state index contributed by atoms with van der Waals surface area (Å²) in [6.45, 7) is 2.11. The fraction of sp³-hybridized carbons (Fsp3) is 0.556. The third-order valence-electron chi connectivity index (χ3n) is 4.96. The number of piperidine rings is 1. The number of nitrogens with zero attached hydrogens (tertiary/aromatic N) is 2. The van der Waals surface area contributed by atoms with Crippen LogP contribution < -0.4 is 15.5 Å². The fourth-order valence-electron chi connectivity index (χ4n) is 3.27. The number of carbonyl (C=O) groups is 2. The number of anilines is 1. The number of amides is 2. The van der Waals surface area contributed by atoms with Gasteiger partial charge in [-0.05, 0) is 31.7 Å². The fourth-order valence-corrected chi connectivity index (χ4v) is 3.27. The first-order chi connectivity index (χ1) is 12.6. The van der Waals surface area contributed by atoms with E-state index < -0.39 is 0 Å². The van der Waals surface area contributed by atoms with Crippen molar-refractivity contribution in [1.29, 1.82) is 0 Å². The molecule has 2 fully saturated rings. The maximum absolute atomic E-state index is 12.3. The van der Waals surface area contributed by atoms with E-state index in [0.717, 1.165) is 12.8 Å². The normalized spacial score (nSPS) is 17.6. The van der Waals surface area contributed by atoms with Gasteiger partial charge in [0.2, 0.25) is 11.8 Å². The second kappa shape index (κ2) is 8.16. The van der Waals surface area contributed by atoms with E-state index in [1.807, 2.05) is 4.90 Å². The minimum absolute atomic E-state index is 0.00659. The number of nitrogens with one attached hydrogen (secondary N) is 2. The summed E-state index contributed by atoms with van der Waals surface area (Å²) >= 11 is 0. The molecule has 0 bridgehead atoms. The quantitative estimate of drug-likeness (QED) is 0.435. The molecule has 0 unspecified atom stereocenters. The van der Waals surface area contributed by atoms with Crippen LogP contribution >= 0.6 is 0 Å². The van der Waals surface area contributed by atoms with Gasteiger partial charge in [-0.25, -0.2) is 0 Å². The number of nitro benzene ring substituents is 1. The molecule has 140 valence electrons. The number of nitro groups is 1. The van der Waals surface area contributed by atoms with Crippen LogP contribution in [0.1, 0.15) is 25.7 Å². The van der Waals surface area contributed by atoms with Crippen molar-refractivity contribution >= 4 is 23.2 Å². The largest absolute Gasteiger partial charge is 0.366 e. The highest BCUT2D eigenvalue weighted by Crippen LogP contribution is 2.31. The zero-order valence-corrected chi connectivity index (χ0v) is 14.6. The molecule has 26 heavy (non-hydrogen) atoms. The van der Waals surface area contributed by atoms with Crippen molar-refractivity contribution in [1.82, 2.24) is 10.6 Å². The molecule has 1 aliphatic carbocycles. The molecule has 3 rings (SSSR count). The van der Waals surface area contributed by atoms with Gasteiger partial charge >= 0.3 is 0 Å². The molecule has 1 aromatic carbocycles. The van der Waals surface area contributed by atoms with E-state index in [-0.39, 0.29) is 34.3 Å². The predicted octanol–water partition coefficient (Wildman–Crippen LogP) is 1.45. The smallest absolute Gasteiger partial charge is 0.292 e. The Kier molecular flexibility index (Phi) is 5.70. The van der Waals surface area contributed by atoms with Crippen molar-refractivity contribution in [2.45, 2.75) is 25.7 Å². The lowest BCUT2D eigenvalue weighted by Crippen LogP contribution is -2.42. The predicted molar refractivity (Wildman–Crippen MR) is 96.8 cm³/mol. The van der Waals surface area contributed by atoms with Crippen LogP contribution in [0.4, 0.5) is 11.4 Å². The van der Waals surface area contributed by atoms with Gasteiger partial charge in [-0.3, -0.25) is 19.7 Å². The Bertz CT molecular complexity index is 682. The van der Waals surface area contributed by atoms with Crippen LogP contribution in [-0.4, -0.2) is 42.9 Å². The van der Waals surface area contributed by atoms with Crippen molar-refractivity contribution in [2.75, 3.05) is 31.1 Å². The maximum Gasteiger partial charge on any atom is 0.292 e. The summed E-state index contributed by atoms with van der Waals surface area (Å²) < 4.78 is 0. The maximum atomic E-state index is 12.3. The topological polar surface area (TPSA) is 105 Å². The van der Waals surface area contributed by atoms with Gasteiger partial charge in [0.1, 0.15) is 5.69 Å². The number of hydrogen-bond acceptors (Lipinski definition) is 5. The van der Waals surface area contributed by atoms with Crippen LogP contribution in [0, 0.1) is 22.0 Å². The minimum Gasteiger partial charge on any atom is -0.366 e. The van der Waals surface area contributed by atoms with Gasteiger partial charge in [0.05, 0.1) is 4.92 Å². The number of hydrogen-bond donors (Lipinski definition) is 2. The highest BCUT2D eigenvalue weighted by Gasteiger charge is 2.30. The van der Waals surface area contributed by atoms with E-state index in [1.54, 1.807) is 18.2 Å². The summed E-state index contributed by atoms with van der Waals surface area (Å²) in [6.07, 6.45) is 3.26. The molecular formula is C18H24N4O4. The van der Waals surface area contributed by atoms with Gasteiger partial charge in [-0.2, -0.15) is 0 Å². The van der Waals surface area contributed by atoms with Gasteiger partial charge in [0.25, 0.3) is 5.69 Å². The molecule has 2 N–H and O–H groups in total. The Morgan fingerprint density at radius 1 is 1.00 bits per heavy atom. The van der Waals surface area contributed by atoms with Gasteiger partial charge in [-0.1, -0.05) is 12.1 Å². The molecule has 2 amide bonds. The second-order valence-corrected chi connectivity index (χ2v) is 6.86. The molecule has 2 aliphatic rings. The number of carbonyl (C=O) groups excluding carboxylic acids is 2. The second-order valence-electron chi connectivity index (χ2n) is 6.86. The molecule has 0 atom stereocenters. The molecule has 1 heterocycles. The molecule has 1 saturated carbocycles. The van der Waals surface area contributed by atoms with Gasteiger partial charge in [-0.15, -0.1) is 0 Å².